The lowest BCUT2D eigenvalue weighted by molar-refractivity contribution is -0.117. The summed E-state index contributed by atoms with van der Waals surface area (Å²) in [6.45, 7) is 2.78. The van der Waals surface area contributed by atoms with Crippen LogP contribution in [0, 0.1) is 0 Å². The third-order valence-corrected chi connectivity index (χ3v) is 7.50. The molecule has 8 nitrogen and oxygen atoms in total. The smallest absolute Gasteiger partial charge is 0.337 e. The van der Waals surface area contributed by atoms with Crippen LogP contribution in [-0.2, 0) is 21.5 Å². The second kappa shape index (κ2) is 11.3. The highest BCUT2D eigenvalue weighted by molar-refractivity contribution is 7.13. The standard InChI is InChI=1S/C30H29N3O5S/c1-30(18-27(34)33-29-31-14-15-39-29)24-17-26(25(36-2)16-22(24)12-13-32-30)38-23-10-8-20(9-11-23)19-4-6-21(7-5-19)28(35)37-3/h4-11,14-17,32H,12-13,18H2,1-3H3,(H,31,33,34)/t30-/m1/s1. The Morgan fingerprint density at radius 2 is 1.74 bits per heavy atom. The van der Waals surface area contributed by atoms with E-state index in [1.54, 1.807) is 25.4 Å². The van der Waals surface area contributed by atoms with Gasteiger partial charge < -0.3 is 24.8 Å². The molecule has 1 atom stereocenters. The molecular formula is C30H29N3O5S. The van der Waals surface area contributed by atoms with Gasteiger partial charge in [0.25, 0.3) is 0 Å². The maximum absolute atomic E-state index is 12.8. The molecule has 0 aliphatic carbocycles. The predicted molar refractivity (Wildman–Crippen MR) is 151 cm³/mol. The van der Waals surface area contributed by atoms with Gasteiger partial charge in [-0.1, -0.05) is 24.3 Å². The number of carbonyl (C=O) groups excluding carboxylic acids is 2. The lowest BCUT2D eigenvalue weighted by Crippen LogP contribution is -2.47. The third kappa shape index (κ3) is 5.79. The number of nitrogens with zero attached hydrogens (tertiary/aromatic N) is 1. The first-order valence-electron chi connectivity index (χ1n) is 12.5. The molecule has 3 aromatic carbocycles. The predicted octanol–water partition coefficient (Wildman–Crippen LogP) is 5.79. The lowest BCUT2D eigenvalue weighted by Gasteiger charge is -2.37. The summed E-state index contributed by atoms with van der Waals surface area (Å²) in [5, 5.41) is 8.82. The van der Waals surface area contributed by atoms with Crippen LogP contribution < -0.4 is 20.1 Å². The van der Waals surface area contributed by atoms with Crippen molar-refractivity contribution in [2.45, 2.75) is 25.3 Å². The Balaban J connectivity index is 1.37. The molecule has 1 aromatic heterocycles. The number of ether oxygens (including phenoxy) is 3. The highest BCUT2D eigenvalue weighted by Gasteiger charge is 2.35. The van der Waals surface area contributed by atoms with E-state index in [9.17, 15) is 9.59 Å². The average Bonchev–Trinajstić information content (AvgIpc) is 3.46. The minimum absolute atomic E-state index is 0.110. The van der Waals surface area contributed by atoms with E-state index in [4.69, 9.17) is 14.2 Å². The molecule has 0 radical (unpaired) electrons. The molecule has 4 aromatic rings. The van der Waals surface area contributed by atoms with Gasteiger partial charge in [0.1, 0.15) is 5.75 Å². The SMILES string of the molecule is COC(=O)c1ccc(-c2ccc(Oc3cc4c(cc3OC)CCN[C@]4(C)CC(=O)Nc3nccs3)cc2)cc1. The van der Waals surface area contributed by atoms with Gasteiger partial charge in [-0.3, -0.25) is 4.79 Å². The molecular weight excluding hydrogens is 514 g/mol. The highest BCUT2D eigenvalue weighted by atomic mass is 32.1. The Morgan fingerprint density at radius 3 is 2.38 bits per heavy atom. The van der Waals surface area contributed by atoms with Crippen LogP contribution in [0.25, 0.3) is 11.1 Å². The number of benzene rings is 3. The quantitative estimate of drug-likeness (QED) is 0.272. The van der Waals surface area contributed by atoms with E-state index in [1.807, 2.05) is 60.8 Å². The van der Waals surface area contributed by atoms with E-state index in [2.05, 4.69) is 15.6 Å². The van der Waals surface area contributed by atoms with Crippen LogP contribution in [0.4, 0.5) is 5.13 Å². The maximum Gasteiger partial charge on any atom is 0.337 e. The molecule has 0 bridgehead atoms. The third-order valence-electron chi connectivity index (χ3n) is 6.81. The minimum Gasteiger partial charge on any atom is -0.493 e. The second-order valence-electron chi connectivity index (χ2n) is 9.43. The van der Waals surface area contributed by atoms with Crippen molar-refractivity contribution in [3.63, 3.8) is 0 Å². The van der Waals surface area contributed by atoms with Crippen molar-refractivity contribution in [3.05, 3.63) is 88.9 Å². The molecule has 2 heterocycles. The summed E-state index contributed by atoms with van der Waals surface area (Å²) >= 11 is 1.39. The molecule has 39 heavy (non-hydrogen) atoms. The first-order chi connectivity index (χ1) is 18.9. The van der Waals surface area contributed by atoms with Crippen LogP contribution in [0.1, 0.15) is 34.8 Å². The van der Waals surface area contributed by atoms with Crippen LogP contribution in [0.2, 0.25) is 0 Å². The number of anilines is 1. The molecule has 0 saturated carbocycles. The first-order valence-corrected chi connectivity index (χ1v) is 13.4. The van der Waals surface area contributed by atoms with Gasteiger partial charge >= 0.3 is 5.97 Å². The van der Waals surface area contributed by atoms with Gasteiger partial charge in [-0.25, -0.2) is 9.78 Å². The number of thiazole rings is 1. The molecule has 1 amide bonds. The van der Waals surface area contributed by atoms with Crippen LogP contribution in [0.3, 0.4) is 0 Å². The Labute approximate surface area is 231 Å². The Hall–Kier alpha value is -4.21. The van der Waals surface area contributed by atoms with Crippen molar-refractivity contribution in [2.24, 2.45) is 0 Å². The van der Waals surface area contributed by atoms with Crippen molar-refractivity contribution >= 4 is 28.3 Å². The number of fused-ring (bicyclic) bond motifs is 1. The Bertz CT molecular complexity index is 1470. The fourth-order valence-electron chi connectivity index (χ4n) is 4.82. The molecule has 0 fully saturated rings. The lowest BCUT2D eigenvalue weighted by atomic mass is 9.81. The van der Waals surface area contributed by atoms with E-state index < -0.39 is 5.54 Å². The van der Waals surface area contributed by atoms with Gasteiger partial charge in [0.05, 0.1) is 19.8 Å². The number of rotatable bonds is 8. The summed E-state index contributed by atoms with van der Waals surface area (Å²) in [7, 11) is 2.99. The summed E-state index contributed by atoms with van der Waals surface area (Å²) in [6.07, 6.45) is 2.73. The van der Waals surface area contributed by atoms with Gasteiger partial charge in [-0.2, -0.15) is 0 Å². The molecule has 0 unspecified atom stereocenters. The molecule has 1 aliphatic heterocycles. The van der Waals surface area contributed by atoms with Gasteiger partial charge in [0, 0.05) is 30.1 Å². The van der Waals surface area contributed by atoms with Crippen molar-refractivity contribution in [3.8, 4) is 28.4 Å². The van der Waals surface area contributed by atoms with Crippen molar-refractivity contribution in [1.29, 1.82) is 0 Å². The average molecular weight is 544 g/mol. The molecule has 0 saturated heterocycles. The number of amides is 1. The molecule has 200 valence electrons. The van der Waals surface area contributed by atoms with Crippen molar-refractivity contribution < 1.29 is 23.8 Å². The zero-order chi connectivity index (χ0) is 27.4. The number of esters is 1. The molecule has 2 N–H and O–H groups in total. The van der Waals surface area contributed by atoms with Crippen LogP contribution in [0.5, 0.6) is 17.2 Å². The molecule has 5 rings (SSSR count). The summed E-state index contributed by atoms with van der Waals surface area (Å²) in [5.74, 6) is 1.38. The minimum atomic E-state index is -0.584. The number of hydrogen-bond acceptors (Lipinski definition) is 8. The van der Waals surface area contributed by atoms with Crippen molar-refractivity contribution in [2.75, 3.05) is 26.1 Å². The number of methoxy groups -OCH3 is 2. The summed E-state index contributed by atoms with van der Waals surface area (Å²) in [6, 6.07) is 18.9. The van der Waals surface area contributed by atoms with E-state index >= 15 is 0 Å². The second-order valence-corrected chi connectivity index (χ2v) is 10.3. The number of aromatic nitrogens is 1. The fraction of sp³-hybridized carbons (Fsp3) is 0.233. The normalized spacial score (nSPS) is 16.2. The van der Waals surface area contributed by atoms with E-state index in [1.165, 1.54) is 18.4 Å². The van der Waals surface area contributed by atoms with E-state index in [-0.39, 0.29) is 18.3 Å². The van der Waals surface area contributed by atoms with Crippen LogP contribution in [0.15, 0.2) is 72.2 Å². The topological polar surface area (TPSA) is 98.8 Å². The van der Waals surface area contributed by atoms with Gasteiger partial charge in [0.15, 0.2) is 16.6 Å². The first kappa shape index (κ1) is 26.4. The van der Waals surface area contributed by atoms with Crippen LogP contribution >= 0.6 is 11.3 Å². The Kier molecular flexibility index (Phi) is 7.63. The number of hydrogen-bond donors (Lipinski definition) is 2. The van der Waals surface area contributed by atoms with Crippen LogP contribution in [-0.4, -0.2) is 37.6 Å². The molecule has 0 spiro atoms. The summed E-state index contributed by atoms with van der Waals surface area (Å²) in [5.41, 5.74) is 3.99. The maximum atomic E-state index is 12.8. The fourth-order valence-corrected chi connectivity index (χ4v) is 5.36. The van der Waals surface area contributed by atoms with E-state index in [0.29, 0.717) is 27.9 Å². The number of carbonyl (C=O) groups is 2. The largest absolute Gasteiger partial charge is 0.493 e. The van der Waals surface area contributed by atoms with Gasteiger partial charge in [-0.05, 0) is 72.0 Å². The molecule has 9 heteroatoms. The molecule has 1 aliphatic rings. The zero-order valence-electron chi connectivity index (χ0n) is 21.9. The van der Waals surface area contributed by atoms with Gasteiger partial charge in [0.2, 0.25) is 5.91 Å². The number of nitrogens with one attached hydrogen (secondary N) is 2. The summed E-state index contributed by atoms with van der Waals surface area (Å²) < 4.78 is 16.7. The Morgan fingerprint density at radius 1 is 1.03 bits per heavy atom. The van der Waals surface area contributed by atoms with Gasteiger partial charge in [-0.15, -0.1) is 11.3 Å². The monoisotopic (exact) mass is 543 g/mol. The van der Waals surface area contributed by atoms with Crippen molar-refractivity contribution in [1.82, 2.24) is 10.3 Å². The highest BCUT2D eigenvalue weighted by Crippen LogP contribution is 2.41. The zero-order valence-corrected chi connectivity index (χ0v) is 22.8. The summed E-state index contributed by atoms with van der Waals surface area (Å²) in [4.78, 5) is 28.7. The van der Waals surface area contributed by atoms with E-state index in [0.717, 1.165) is 35.2 Å².